The molecule has 2 N–H and O–H groups in total. The van der Waals surface area contributed by atoms with Gasteiger partial charge in [0.25, 0.3) is 0 Å². The van der Waals surface area contributed by atoms with Crippen LogP contribution in [-0.4, -0.2) is 55.4 Å². The Morgan fingerprint density at radius 2 is 2.09 bits per heavy atom. The van der Waals surface area contributed by atoms with Gasteiger partial charge >= 0.3 is 6.03 Å². The van der Waals surface area contributed by atoms with Crippen molar-refractivity contribution < 1.29 is 9.53 Å². The number of carbonyl (C=O) groups is 1. The van der Waals surface area contributed by atoms with Crippen molar-refractivity contribution in [2.24, 2.45) is 0 Å². The fourth-order valence-corrected chi connectivity index (χ4v) is 3.45. The van der Waals surface area contributed by atoms with Crippen molar-refractivity contribution in [2.75, 3.05) is 26.2 Å². The van der Waals surface area contributed by atoms with Gasteiger partial charge in [0, 0.05) is 38.3 Å². The summed E-state index contributed by atoms with van der Waals surface area (Å²) in [5, 5.41) is 6.18. The van der Waals surface area contributed by atoms with E-state index in [2.05, 4.69) is 36.0 Å². The maximum Gasteiger partial charge on any atom is 0.315 e. The first-order valence-electron chi connectivity index (χ1n) is 9.08. The lowest BCUT2D eigenvalue weighted by Crippen LogP contribution is -2.49. The van der Waals surface area contributed by atoms with Crippen LogP contribution < -0.4 is 10.6 Å². The molecule has 0 aromatic carbocycles. The molecule has 23 heavy (non-hydrogen) atoms. The minimum absolute atomic E-state index is 0.0248. The summed E-state index contributed by atoms with van der Waals surface area (Å²) in [5.41, 5.74) is 1.20. The van der Waals surface area contributed by atoms with Crippen LogP contribution in [0.15, 0.2) is 12.2 Å². The number of piperidine rings is 1. The summed E-state index contributed by atoms with van der Waals surface area (Å²) in [4.78, 5) is 14.5. The lowest BCUT2D eigenvalue weighted by atomic mass is 10.0. The first kappa shape index (κ1) is 18.3. The molecular formula is C18H33N3O2. The Morgan fingerprint density at radius 1 is 1.35 bits per heavy atom. The van der Waals surface area contributed by atoms with Crippen LogP contribution in [0.25, 0.3) is 0 Å². The Hall–Kier alpha value is -1.07. The molecule has 0 saturated carbocycles. The van der Waals surface area contributed by atoms with Gasteiger partial charge < -0.3 is 15.4 Å². The Bertz CT molecular complexity index is 386. The van der Waals surface area contributed by atoms with Crippen molar-refractivity contribution in [1.29, 1.82) is 0 Å². The lowest BCUT2D eigenvalue weighted by Gasteiger charge is -2.32. The second-order valence-corrected chi connectivity index (χ2v) is 7.24. The largest absolute Gasteiger partial charge is 0.378 e. The van der Waals surface area contributed by atoms with E-state index in [1.54, 1.807) is 0 Å². The van der Waals surface area contributed by atoms with E-state index in [-0.39, 0.29) is 12.1 Å². The third-order valence-corrected chi connectivity index (χ3v) is 4.74. The van der Waals surface area contributed by atoms with Crippen molar-refractivity contribution >= 4 is 6.03 Å². The van der Waals surface area contributed by atoms with E-state index in [9.17, 15) is 4.79 Å². The van der Waals surface area contributed by atoms with E-state index in [4.69, 9.17) is 4.74 Å². The molecule has 0 aromatic heterocycles. The number of ether oxygens (including phenoxy) is 1. The fraction of sp³-hybridized carbons (Fsp3) is 0.833. The van der Waals surface area contributed by atoms with Gasteiger partial charge in [-0.3, -0.25) is 4.90 Å². The summed E-state index contributed by atoms with van der Waals surface area (Å²) in [7, 11) is 0. The van der Waals surface area contributed by atoms with Crippen molar-refractivity contribution in [3.8, 4) is 0 Å². The smallest absolute Gasteiger partial charge is 0.315 e. The zero-order chi connectivity index (χ0) is 16.7. The number of nitrogens with zero attached hydrogens (tertiary/aromatic N) is 1. The molecule has 2 heterocycles. The van der Waals surface area contributed by atoms with Crippen LogP contribution in [0.4, 0.5) is 4.79 Å². The highest BCUT2D eigenvalue weighted by atomic mass is 16.5. The molecule has 132 valence electrons. The summed E-state index contributed by atoms with van der Waals surface area (Å²) in [6, 6.07) is 0.465. The quantitative estimate of drug-likeness (QED) is 0.708. The SMILES string of the molecule is C=C(C)CN1CCC(NC(=O)N[C@H](C)CC[C@H]2CCCO2)CC1. The van der Waals surface area contributed by atoms with Crippen LogP contribution in [0.1, 0.15) is 52.4 Å². The number of hydrogen-bond donors (Lipinski definition) is 2. The van der Waals surface area contributed by atoms with Crippen molar-refractivity contribution in [1.82, 2.24) is 15.5 Å². The van der Waals surface area contributed by atoms with Gasteiger partial charge in [-0.1, -0.05) is 12.2 Å². The van der Waals surface area contributed by atoms with Crippen LogP contribution >= 0.6 is 0 Å². The van der Waals surface area contributed by atoms with Crippen molar-refractivity contribution in [2.45, 2.75) is 70.6 Å². The highest BCUT2D eigenvalue weighted by Gasteiger charge is 2.21. The Kier molecular flexibility index (Phi) is 7.37. The number of likely N-dealkylation sites (tertiary alicyclic amines) is 1. The normalized spacial score (nSPS) is 24.3. The molecular weight excluding hydrogens is 290 g/mol. The fourth-order valence-electron chi connectivity index (χ4n) is 3.45. The number of rotatable bonds is 7. The minimum atomic E-state index is -0.0248. The molecule has 2 atom stereocenters. The average Bonchev–Trinajstić information content (AvgIpc) is 3.00. The van der Waals surface area contributed by atoms with E-state index in [0.717, 1.165) is 51.9 Å². The van der Waals surface area contributed by atoms with Crippen LogP contribution in [-0.2, 0) is 4.74 Å². The second-order valence-electron chi connectivity index (χ2n) is 7.24. The van der Waals surface area contributed by atoms with Gasteiger partial charge in [-0.15, -0.1) is 0 Å². The van der Waals surface area contributed by atoms with Crippen LogP contribution in [0.3, 0.4) is 0 Å². The summed E-state index contributed by atoms with van der Waals surface area (Å²) >= 11 is 0. The molecule has 2 aliphatic rings. The molecule has 0 aromatic rings. The van der Waals surface area contributed by atoms with Crippen LogP contribution in [0, 0.1) is 0 Å². The maximum atomic E-state index is 12.1. The zero-order valence-electron chi connectivity index (χ0n) is 14.8. The molecule has 0 bridgehead atoms. The molecule has 0 spiro atoms. The molecule has 2 aliphatic heterocycles. The molecule has 5 nitrogen and oxygen atoms in total. The Labute approximate surface area is 140 Å². The predicted octanol–water partition coefficient (Wildman–Crippen LogP) is 2.67. The van der Waals surface area contributed by atoms with Gasteiger partial charge in [-0.25, -0.2) is 4.79 Å². The summed E-state index contributed by atoms with van der Waals surface area (Å²) in [5.74, 6) is 0. The van der Waals surface area contributed by atoms with Crippen LogP contribution in [0.2, 0.25) is 0 Å². The van der Waals surface area contributed by atoms with E-state index in [1.165, 1.54) is 18.4 Å². The molecule has 2 saturated heterocycles. The van der Waals surface area contributed by atoms with Gasteiger partial charge in [0.05, 0.1) is 6.10 Å². The first-order chi connectivity index (χ1) is 11.0. The van der Waals surface area contributed by atoms with Gasteiger partial charge in [0.15, 0.2) is 0 Å². The highest BCUT2D eigenvalue weighted by molar-refractivity contribution is 5.74. The summed E-state index contributed by atoms with van der Waals surface area (Å²) < 4.78 is 5.63. The number of nitrogens with one attached hydrogen (secondary N) is 2. The van der Waals surface area contributed by atoms with Gasteiger partial charge in [0.1, 0.15) is 0 Å². The molecule has 5 heteroatoms. The third kappa shape index (κ3) is 6.92. The number of urea groups is 1. The van der Waals surface area contributed by atoms with Crippen molar-refractivity contribution in [3.63, 3.8) is 0 Å². The standard InChI is InChI=1S/C18H33N3O2/c1-14(2)13-21-10-8-16(9-11-21)20-18(22)19-15(3)6-7-17-5-4-12-23-17/h15-17H,1,4-13H2,2-3H3,(H2,19,20,22)/t15-,17-/m1/s1. The zero-order valence-corrected chi connectivity index (χ0v) is 14.8. The van der Waals surface area contributed by atoms with Gasteiger partial charge in [-0.2, -0.15) is 0 Å². The van der Waals surface area contributed by atoms with Gasteiger partial charge in [-0.05, 0) is 52.4 Å². The second kappa shape index (κ2) is 9.28. The van der Waals surface area contributed by atoms with E-state index in [0.29, 0.717) is 12.1 Å². The molecule has 0 unspecified atom stereocenters. The molecule has 0 aliphatic carbocycles. The first-order valence-corrected chi connectivity index (χ1v) is 9.08. The molecule has 2 fully saturated rings. The summed E-state index contributed by atoms with van der Waals surface area (Å²) in [6.07, 6.45) is 6.81. The minimum Gasteiger partial charge on any atom is -0.378 e. The maximum absolute atomic E-state index is 12.1. The molecule has 2 rings (SSSR count). The van der Waals surface area contributed by atoms with Gasteiger partial charge in [0.2, 0.25) is 0 Å². The summed E-state index contributed by atoms with van der Waals surface area (Å²) in [6.45, 7) is 12.0. The highest BCUT2D eigenvalue weighted by Crippen LogP contribution is 2.17. The van der Waals surface area contributed by atoms with E-state index in [1.807, 2.05) is 0 Å². The number of amides is 2. The van der Waals surface area contributed by atoms with Crippen LogP contribution in [0.5, 0.6) is 0 Å². The van der Waals surface area contributed by atoms with E-state index < -0.39 is 0 Å². The monoisotopic (exact) mass is 323 g/mol. The Balaban J connectivity index is 1.58. The molecule has 0 radical (unpaired) electrons. The number of carbonyl (C=O) groups excluding carboxylic acids is 1. The predicted molar refractivity (Wildman–Crippen MR) is 93.6 cm³/mol. The van der Waals surface area contributed by atoms with Crippen molar-refractivity contribution in [3.05, 3.63) is 12.2 Å². The molecule has 2 amide bonds. The lowest BCUT2D eigenvalue weighted by molar-refractivity contribution is 0.100. The van der Waals surface area contributed by atoms with E-state index >= 15 is 0 Å². The topological polar surface area (TPSA) is 53.6 Å². The third-order valence-electron chi connectivity index (χ3n) is 4.74. The average molecular weight is 323 g/mol. The number of hydrogen-bond acceptors (Lipinski definition) is 3. The Morgan fingerprint density at radius 3 is 2.70 bits per heavy atom.